The number of aryl methyl sites for hydroxylation is 1. The average molecular weight is 399 g/mol. The normalized spacial score (nSPS) is 17.9. The summed E-state index contributed by atoms with van der Waals surface area (Å²) in [6, 6.07) is 2.03. The van der Waals surface area contributed by atoms with Crippen LogP contribution in [0.5, 0.6) is 0 Å². The van der Waals surface area contributed by atoms with E-state index >= 15 is 0 Å². The van der Waals surface area contributed by atoms with Crippen LogP contribution in [0, 0.1) is 5.92 Å². The van der Waals surface area contributed by atoms with Crippen LogP contribution in [-0.4, -0.2) is 11.1 Å². The summed E-state index contributed by atoms with van der Waals surface area (Å²) in [7, 11) is 0. The van der Waals surface area contributed by atoms with Gasteiger partial charge in [0.1, 0.15) is 0 Å². The van der Waals surface area contributed by atoms with Crippen molar-refractivity contribution in [3.05, 3.63) is 70.6 Å². The van der Waals surface area contributed by atoms with Gasteiger partial charge in [-0.15, -0.1) is 0 Å². The molecule has 1 N–H and O–H groups in total. The SMILES string of the molecule is CC1=C(O)/C(=C/[C@@H](C)CC/C=C(/C)CC/C=C(/C)CCCc2ccoc2)OC1=O. The molecule has 4 heteroatoms. The van der Waals surface area contributed by atoms with Gasteiger partial charge in [-0.3, -0.25) is 0 Å². The second-order valence-corrected chi connectivity index (χ2v) is 8.07. The van der Waals surface area contributed by atoms with Crippen LogP contribution >= 0.6 is 0 Å². The molecule has 0 amide bonds. The zero-order chi connectivity index (χ0) is 21.2. The lowest BCUT2D eigenvalue weighted by molar-refractivity contribution is -0.133. The first-order valence-electron chi connectivity index (χ1n) is 10.5. The summed E-state index contributed by atoms with van der Waals surface area (Å²) < 4.78 is 10.2. The van der Waals surface area contributed by atoms with Crippen LogP contribution in [0.15, 0.2) is 69.5 Å². The number of esters is 1. The van der Waals surface area contributed by atoms with E-state index in [0.717, 1.165) is 44.9 Å². The van der Waals surface area contributed by atoms with Gasteiger partial charge in [0, 0.05) is 0 Å². The third-order valence-electron chi connectivity index (χ3n) is 5.30. The Labute approximate surface area is 174 Å². The summed E-state index contributed by atoms with van der Waals surface area (Å²) in [6.07, 6.45) is 17.5. The minimum Gasteiger partial charge on any atom is -0.504 e. The molecule has 2 rings (SSSR count). The van der Waals surface area contributed by atoms with E-state index in [-0.39, 0.29) is 17.3 Å². The molecule has 0 fully saturated rings. The van der Waals surface area contributed by atoms with Crippen molar-refractivity contribution in [3.8, 4) is 0 Å². The average Bonchev–Trinajstić information content (AvgIpc) is 3.27. The molecule has 0 aromatic carbocycles. The van der Waals surface area contributed by atoms with E-state index in [0.29, 0.717) is 5.76 Å². The number of aliphatic hydroxyl groups is 1. The number of ether oxygens (including phenoxy) is 1. The predicted molar refractivity (Wildman–Crippen MR) is 116 cm³/mol. The van der Waals surface area contributed by atoms with Crippen molar-refractivity contribution in [3.63, 3.8) is 0 Å². The molecule has 1 aliphatic rings. The maximum Gasteiger partial charge on any atom is 0.343 e. The number of cyclic esters (lactones) is 1. The molecule has 158 valence electrons. The lowest BCUT2D eigenvalue weighted by atomic mass is 10.0. The number of carbonyl (C=O) groups excluding carboxylic acids is 1. The first-order chi connectivity index (χ1) is 13.9. The molecule has 0 saturated carbocycles. The first-order valence-corrected chi connectivity index (χ1v) is 10.5. The zero-order valence-electron chi connectivity index (χ0n) is 18.2. The highest BCUT2D eigenvalue weighted by atomic mass is 16.6. The fourth-order valence-corrected chi connectivity index (χ4v) is 3.31. The second kappa shape index (κ2) is 11.5. The largest absolute Gasteiger partial charge is 0.504 e. The van der Waals surface area contributed by atoms with Gasteiger partial charge < -0.3 is 14.3 Å². The van der Waals surface area contributed by atoms with Crippen molar-refractivity contribution in [2.45, 2.75) is 72.6 Å². The van der Waals surface area contributed by atoms with Crippen LogP contribution in [0.1, 0.15) is 71.8 Å². The number of carbonyl (C=O) groups is 1. The molecule has 0 bridgehead atoms. The highest BCUT2D eigenvalue weighted by Crippen LogP contribution is 2.26. The molecule has 2 heterocycles. The van der Waals surface area contributed by atoms with Gasteiger partial charge in [-0.25, -0.2) is 4.79 Å². The molecule has 0 radical (unpaired) electrons. The van der Waals surface area contributed by atoms with E-state index in [1.165, 1.54) is 16.7 Å². The smallest absolute Gasteiger partial charge is 0.343 e. The topological polar surface area (TPSA) is 59.7 Å². The standard InChI is InChI=1S/C25H34O4/c1-18(8-5-9-19(2)11-7-13-22-14-15-28-17-22)10-6-12-20(3)16-23-24(26)21(4)25(27)29-23/h9-10,14-17,20,26H,5-8,11-13H2,1-4H3/b18-10-,19-9-,23-16-/t20-/m0/s1. The molecule has 0 saturated heterocycles. The first kappa shape index (κ1) is 22.8. The minimum atomic E-state index is -0.457. The molecule has 1 aromatic rings. The Morgan fingerprint density at radius 1 is 1.17 bits per heavy atom. The van der Waals surface area contributed by atoms with Gasteiger partial charge in [0.25, 0.3) is 0 Å². The molecule has 1 aromatic heterocycles. The summed E-state index contributed by atoms with van der Waals surface area (Å²) >= 11 is 0. The van der Waals surface area contributed by atoms with Crippen molar-refractivity contribution >= 4 is 5.97 Å². The summed E-state index contributed by atoms with van der Waals surface area (Å²) in [5, 5.41) is 9.88. The van der Waals surface area contributed by atoms with Gasteiger partial charge in [-0.05, 0) is 89.3 Å². The molecule has 0 aliphatic carbocycles. The fourth-order valence-electron chi connectivity index (χ4n) is 3.31. The number of furan rings is 1. The fraction of sp³-hybridized carbons (Fsp3) is 0.480. The van der Waals surface area contributed by atoms with Crippen molar-refractivity contribution in [1.82, 2.24) is 0 Å². The Hall–Kier alpha value is -2.49. The van der Waals surface area contributed by atoms with Crippen LogP contribution in [0.3, 0.4) is 0 Å². The third-order valence-corrected chi connectivity index (χ3v) is 5.30. The molecule has 4 nitrogen and oxygen atoms in total. The second-order valence-electron chi connectivity index (χ2n) is 8.07. The van der Waals surface area contributed by atoms with Crippen molar-refractivity contribution in [2.24, 2.45) is 5.92 Å². The monoisotopic (exact) mass is 398 g/mol. The highest BCUT2D eigenvalue weighted by Gasteiger charge is 2.26. The van der Waals surface area contributed by atoms with Crippen molar-refractivity contribution in [2.75, 3.05) is 0 Å². The van der Waals surface area contributed by atoms with Crippen LogP contribution < -0.4 is 0 Å². The van der Waals surface area contributed by atoms with Gasteiger partial charge in [0.2, 0.25) is 0 Å². The Morgan fingerprint density at radius 2 is 1.90 bits per heavy atom. The summed E-state index contributed by atoms with van der Waals surface area (Å²) in [5.74, 6) is 0.0448. The number of hydrogen-bond acceptors (Lipinski definition) is 4. The van der Waals surface area contributed by atoms with Crippen molar-refractivity contribution < 1.29 is 19.1 Å². The highest BCUT2D eigenvalue weighted by molar-refractivity contribution is 5.93. The molecular formula is C25H34O4. The van der Waals surface area contributed by atoms with Crippen molar-refractivity contribution in [1.29, 1.82) is 0 Å². The summed E-state index contributed by atoms with van der Waals surface area (Å²) in [5.41, 5.74) is 4.41. The van der Waals surface area contributed by atoms with Crippen LogP contribution in [0.4, 0.5) is 0 Å². The lowest BCUT2D eigenvalue weighted by Crippen LogP contribution is -1.97. The number of hydrogen-bond donors (Lipinski definition) is 1. The molecule has 0 unspecified atom stereocenters. The lowest BCUT2D eigenvalue weighted by Gasteiger charge is -2.07. The van der Waals surface area contributed by atoms with E-state index in [1.54, 1.807) is 13.2 Å². The van der Waals surface area contributed by atoms with Gasteiger partial charge in [0.15, 0.2) is 11.5 Å². The van der Waals surface area contributed by atoms with E-state index in [2.05, 4.69) is 32.9 Å². The van der Waals surface area contributed by atoms with E-state index < -0.39 is 5.97 Å². The Balaban J connectivity index is 1.64. The Morgan fingerprint density at radius 3 is 2.55 bits per heavy atom. The number of rotatable bonds is 11. The summed E-state index contributed by atoms with van der Waals surface area (Å²) in [6.45, 7) is 8.04. The van der Waals surface area contributed by atoms with Gasteiger partial charge in [-0.1, -0.05) is 30.2 Å². The Bertz CT molecular complexity index is 791. The molecule has 1 atom stereocenters. The van der Waals surface area contributed by atoms with E-state index in [4.69, 9.17) is 9.15 Å². The third kappa shape index (κ3) is 7.80. The maximum absolute atomic E-state index is 11.4. The minimum absolute atomic E-state index is 0.0273. The number of allylic oxidation sites excluding steroid dienone is 5. The molecule has 29 heavy (non-hydrogen) atoms. The summed E-state index contributed by atoms with van der Waals surface area (Å²) in [4.78, 5) is 11.4. The van der Waals surface area contributed by atoms with Crippen LogP contribution in [0.2, 0.25) is 0 Å². The van der Waals surface area contributed by atoms with E-state index in [1.807, 2.05) is 18.4 Å². The predicted octanol–water partition coefficient (Wildman–Crippen LogP) is 6.96. The van der Waals surface area contributed by atoms with Gasteiger partial charge in [-0.2, -0.15) is 0 Å². The maximum atomic E-state index is 11.4. The van der Waals surface area contributed by atoms with Gasteiger partial charge in [0.05, 0.1) is 18.1 Å². The zero-order valence-corrected chi connectivity index (χ0v) is 18.2. The molecule has 1 aliphatic heterocycles. The quantitative estimate of drug-likeness (QED) is 0.323. The van der Waals surface area contributed by atoms with Gasteiger partial charge >= 0.3 is 5.97 Å². The van der Waals surface area contributed by atoms with Crippen LogP contribution in [0.25, 0.3) is 0 Å². The van der Waals surface area contributed by atoms with E-state index in [9.17, 15) is 9.90 Å². The number of aliphatic hydroxyl groups excluding tert-OH is 1. The molecule has 0 spiro atoms. The Kier molecular flexibility index (Phi) is 9.04. The van der Waals surface area contributed by atoms with Crippen LogP contribution in [-0.2, 0) is 16.0 Å². The molecular weight excluding hydrogens is 364 g/mol.